The maximum Gasteiger partial charge on any atom is 0.256 e. The lowest BCUT2D eigenvalue weighted by Crippen LogP contribution is -2.39. The summed E-state index contributed by atoms with van der Waals surface area (Å²) in [6.07, 6.45) is 4.81. The van der Waals surface area contributed by atoms with Gasteiger partial charge in [0, 0.05) is 24.8 Å². The van der Waals surface area contributed by atoms with Crippen LogP contribution in [0.5, 0.6) is 0 Å². The van der Waals surface area contributed by atoms with Crippen molar-refractivity contribution in [3.63, 3.8) is 0 Å². The number of nitrogens with zero attached hydrogens (tertiary/aromatic N) is 1. The second-order valence-corrected chi connectivity index (χ2v) is 5.61. The van der Waals surface area contributed by atoms with Gasteiger partial charge in [-0.3, -0.25) is 4.79 Å². The Morgan fingerprint density at radius 1 is 1.30 bits per heavy atom. The number of aryl methyl sites for hydroxylation is 1. The predicted octanol–water partition coefficient (Wildman–Crippen LogP) is 3.83. The zero-order valence-corrected chi connectivity index (χ0v) is 12.9. The maximum absolute atomic E-state index is 12.9. The van der Waals surface area contributed by atoms with Crippen LogP contribution >= 0.6 is 0 Å². The molecule has 0 atom stereocenters. The van der Waals surface area contributed by atoms with Crippen molar-refractivity contribution in [3.8, 4) is 0 Å². The number of rotatable bonds is 5. The van der Waals surface area contributed by atoms with Crippen LogP contribution in [-0.2, 0) is 0 Å². The van der Waals surface area contributed by atoms with Crippen LogP contribution in [0.15, 0.2) is 18.2 Å². The molecule has 3 nitrogen and oxygen atoms in total. The summed E-state index contributed by atoms with van der Waals surface area (Å²) in [5, 5.41) is 3.31. The van der Waals surface area contributed by atoms with Crippen molar-refractivity contribution in [1.82, 2.24) is 4.90 Å². The van der Waals surface area contributed by atoms with Gasteiger partial charge < -0.3 is 10.2 Å². The smallest absolute Gasteiger partial charge is 0.256 e. The summed E-state index contributed by atoms with van der Waals surface area (Å²) in [5.41, 5.74) is 2.91. The number of hydrogen-bond donors (Lipinski definition) is 1. The summed E-state index contributed by atoms with van der Waals surface area (Å²) in [6.45, 7) is 7.81. The lowest BCUT2D eigenvalue weighted by molar-refractivity contribution is 0.0694. The Labute approximate surface area is 122 Å². The zero-order chi connectivity index (χ0) is 14.5. The molecule has 1 aromatic rings. The highest BCUT2D eigenvalue weighted by atomic mass is 16.2. The Morgan fingerprint density at radius 3 is 2.60 bits per heavy atom. The second-order valence-electron chi connectivity index (χ2n) is 5.61. The van der Waals surface area contributed by atoms with E-state index in [1.165, 1.54) is 12.8 Å². The van der Waals surface area contributed by atoms with E-state index in [1.54, 1.807) is 0 Å². The van der Waals surface area contributed by atoms with E-state index >= 15 is 0 Å². The van der Waals surface area contributed by atoms with Crippen LogP contribution in [0.3, 0.4) is 0 Å². The molecule has 0 spiro atoms. The molecular weight excluding hydrogens is 248 g/mol. The largest absolute Gasteiger partial charge is 0.385 e. The highest BCUT2D eigenvalue weighted by Crippen LogP contribution is 2.27. The van der Waals surface area contributed by atoms with Crippen LogP contribution in [0.4, 0.5) is 5.69 Å². The van der Waals surface area contributed by atoms with Crippen LogP contribution in [0, 0.1) is 6.92 Å². The van der Waals surface area contributed by atoms with Gasteiger partial charge in [-0.15, -0.1) is 0 Å². The molecule has 1 amide bonds. The fraction of sp³-hybridized carbons (Fsp3) is 0.588. The molecule has 2 rings (SSSR count). The first-order chi connectivity index (χ1) is 9.67. The number of nitrogens with one attached hydrogen (secondary N) is 1. The molecule has 1 aromatic carbocycles. The second kappa shape index (κ2) is 6.78. The lowest BCUT2D eigenvalue weighted by Gasteiger charge is -2.28. The normalized spacial score (nSPS) is 15.3. The summed E-state index contributed by atoms with van der Waals surface area (Å²) < 4.78 is 0. The third kappa shape index (κ3) is 3.14. The van der Waals surface area contributed by atoms with Crippen LogP contribution in [-0.4, -0.2) is 29.9 Å². The molecule has 0 unspecified atom stereocenters. The Balaban J connectivity index is 2.27. The molecule has 1 N–H and O–H groups in total. The van der Waals surface area contributed by atoms with Gasteiger partial charge in [0.15, 0.2) is 0 Å². The molecule has 0 bridgehead atoms. The Morgan fingerprint density at radius 2 is 2.00 bits per heavy atom. The number of amides is 1. The first kappa shape index (κ1) is 14.9. The summed E-state index contributed by atoms with van der Waals surface area (Å²) in [5.74, 6) is 0.180. The van der Waals surface area contributed by atoms with Crippen molar-refractivity contribution in [3.05, 3.63) is 29.3 Å². The Bertz CT molecular complexity index is 464. The van der Waals surface area contributed by atoms with Crippen LogP contribution in [0.2, 0.25) is 0 Å². The van der Waals surface area contributed by atoms with Crippen LogP contribution in [0.1, 0.15) is 55.5 Å². The minimum absolute atomic E-state index is 0.180. The number of anilines is 1. The molecule has 1 fully saturated rings. The van der Waals surface area contributed by atoms with E-state index in [0.717, 1.165) is 42.7 Å². The summed E-state index contributed by atoms with van der Waals surface area (Å²) >= 11 is 0. The van der Waals surface area contributed by atoms with Crippen molar-refractivity contribution in [1.29, 1.82) is 0 Å². The molecule has 0 aliphatic heterocycles. The standard InChI is InChI=1S/C17H26N2O/c1-4-18-16-11-10-13(3)12-15(16)17(20)19(5-2)14-8-6-7-9-14/h10-12,14,18H,4-9H2,1-3H3. The van der Waals surface area contributed by atoms with Crippen molar-refractivity contribution in [2.75, 3.05) is 18.4 Å². The van der Waals surface area contributed by atoms with E-state index in [9.17, 15) is 4.79 Å². The van der Waals surface area contributed by atoms with Crippen molar-refractivity contribution < 1.29 is 4.79 Å². The van der Waals surface area contributed by atoms with E-state index in [1.807, 2.05) is 19.1 Å². The van der Waals surface area contributed by atoms with E-state index in [0.29, 0.717) is 6.04 Å². The zero-order valence-electron chi connectivity index (χ0n) is 12.9. The molecule has 0 radical (unpaired) electrons. The molecule has 110 valence electrons. The monoisotopic (exact) mass is 274 g/mol. The average molecular weight is 274 g/mol. The molecule has 3 heteroatoms. The van der Waals surface area contributed by atoms with E-state index in [2.05, 4.69) is 30.1 Å². The van der Waals surface area contributed by atoms with Gasteiger partial charge in [0.25, 0.3) is 5.91 Å². The SMILES string of the molecule is CCNc1ccc(C)cc1C(=O)N(CC)C1CCCC1. The number of carbonyl (C=O) groups is 1. The quantitative estimate of drug-likeness (QED) is 0.885. The average Bonchev–Trinajstić information content (AvgIpc) is 2.95. The summed E-state index contributed by atoms with van der Waals surface area (Å²) in [4.78, 5) is 15.0. The van der Waals surface area contributed by atoms with Crippen LogP contribution < -0.4 is 5.32 Å². The predicted molar refractivity (Wildman–Crippen MR) is 84.3 cm³/mol. The molecule has 1 aliphatic carbocycles. The van der Waals surface area contributed by atoms with Gasteiger partial charge >= 0.3 is 0 Å². The molecule has 0 heterocycles. The molecule has 1 aliphatic rings. The molecular formula is C17H26N2O. The van der Waals surface area contributed by atoms with E-state index < -0.39 is 0 Å². The fourth-order valence-corrected chi connectivity index (χ4v) is 3.12. The number of benzene rings is 1. The molecule has 0 saturated heterocycles. The van der Waals surface area contributed by atoms with Gasteiger partial charge in [-0.05, 0) is 45.7 Å². The fourth-order valence-electron chi connectivity index (χ4n) is 3.12. The topological polar surface area (TPSA) is 32.3 Å². The number of carbonyl (C=O) groups excluding carboxylic acids is 1. The lowest BCUT2D eigenvalue weighted by atomic mass is 10.1. The minimum Gasteiger partial charge on any atom is -0.385 e. The Hall–Kier alpha value is -1.51. The molecule has 0 aromatic heterocycles. The van der Waals surface area contributed by atoms with Crippen molar-refractivity contribution in [2.45, 2.75) is 52.5 Å². The molecule has 1 saturated carbocycles. The maximum atomic E-state index is 12.9. The Kier molecular flexibility index (Phi) is 5.05. The van der Waals surface area contributed by atoms with Crippen molar-refractivity contribution >= 4 is 11.6 Å². The van der Waals surface area contributed by atoms with Crippen LogP contribution in [0.25, 0.3) is 0 Å². The van der Waals surface area contributed by atoms with Gasteiger partial charge in [0.05, 0.1) is 5.56 Å². The summed E-state index contributed by atoms with van der Waals surface area (Å²) in [6, 6.07) is 6.52. The third-order valence-corrected chi connectivity index (χ3v) is 4.14. The highest BCUT2D eigenvalue weighted by Gasteiger charge is 2.27. The number of hydrogen-bond acceptors (Lipinski definition) is 2. The first-order valence-electron chi connectivity index (χ1n) is 7.82. The van der Waals surface area contributed by atoms with Crippen molar-refractivity contribution in [2.24, 2.45) is 0 Å². The van der Waals surface area contributed by atoms with Gasteiger partial charge in [-0.2, -0.15) is 0 Å². The van der Waals surface area contributed by atoms with Gasteiger partial charge in [0.2, 0.25) is 0 Å². The third-order valence-electron chi connectivity index (χ3n) is 4.14. The summed E-state index contributed by atoms with van der Waals surface area (Å²) in [7, 11) is 0. The van der Waals surface area contributed by atoms with Gasteiger partial charge in [0.1, 0.15) is 0 Å². The molecule has 20 heavy (non-hydrogen) atoms. The van der Waals surface area contributed by atoms with E-state index in [4.69, 9.17) is 0 Å². The highest BCUT2D eigenvalue weighted by molar-refractivity contribution is 6.00. The van der Waals surface area contributed by atoms with E-state index in [-0.39, 0.29) is 5.91 Å². The van der Waals surface area contributed by atoms with Gasteiger partial charge in [-0.1, -0.05) is 24.5 Å². The first-order valence-corrected chi connectivity index (χ1v) is 7.82. The minimum atomic E-state index is 0.180. The van der Waals surface area contributed by atoms with Gasteiger partial charge in [-0.25, -0.2) is 0 Å².